The van der Waals surface area contributed by atoms with Crippen LogP contribution >= 0.6 is 11.8 Å². The molecule has 1 saturated carbocycles. The van der Waals surface area contributed by atoms with Crippen LogP contribution in [0.4, 0.5) is 20.2 Å². The summed E-state index contributed by atoms with van der Waals surface area (Å²) in [5.74, 6) is 0.656. The molecule has 0 heterocycles. The van der Waals surface area contributed by atoms with Crippen LogP contribution in [0.5, 0.6) is 5.75 Å². The highest BCUT2D eigenvalue weighted by Crippen LogP contribution is 2.42. The van der Waals surface area contributed by atoms with Crippen LogP contribution in [0.1, 0.15) is 133 Å². The van der Waals surface area contributed by atoms with Crippen molar-refractivity contribution in [3.63, 3.8) is 0 Å². The molecule has 0 aliphatic heterocycles. The van der Waals surface area contributed by atoms with Gasteiger partial charge in [-0.15, -0.1) is 0 Å². The Bertz CT molecular complexity index is 2230. The molecule has 0 amide bonds. The van der Waals surface area contributed by atoms with E-state index in [9.17, 15) is 9.59 Å². The van der Waals surface area contributed by atoms with E-state index in [2.05, 4.69) is 50.4 Å². The molecule has 0 radical (unpaired) electrons. The van der Waals surface area contributed by atoms with Crippen molar-refractivity contribution in [1.82, 2.24) is 0 Å². The SMILES string of the molecule is CCCCCc1c(F)cc(Nc2ccc(Sc3ccc(-c4cc(C)c(OCC5CCC(CCCCC)CC5)c(C)c4)cc3)c3c2C(=O)c2ccccc2C3=O)cc1F. The Kier molecular flexibility index (Phi) is 13.5. The first-order valence-corrected chi connectivity index (χ1v) is 22.1. The fourth-order valence-corrected chi connectivity index (χ4v) is 9.72. The van der Waals surface area contributed by atoms with Crippen LogP contribution in [-0.2, 0) is 6.42 Å². The van der Waals surface area contributed by atoms with E-state index in [0.29, 0.717) is 40.5 Å². The summed E-state index contributed by atoms with van der Waals surface area (Å²) in [6.45, 7) is 9.34. The Morgan fingerprint density at radius 2 is 1.29 bits per heavy atom. The molecule has 0 spiro atoms. The van der Waals surface area contributed by atoms with Gasteiger partial charge in [-0.25, -0.2) is 8.78 Å². The van der Waals surface area contributed by atoms with Gasteiger partial charge < -0.3 is 10.1 Å². The first-order chi connectivity index (χ1) is 28.1. The summed E-state index contributed by atoms with van der Waals surface area (Å²) in [4.78, 5) is 29.8. The maximum absolute atomic E-state index is 15.1. The molecule has 7 heteroatoms. The first kappa shape index (κ1) is 41.4. The number of ether oxygens (including phenoxy) is 1. The van der Waals surface area contributed by atoms with Crippen molar-refractivity contribution in [2.45, 2.75) is 115 Å². The number of rotatable bonds is 16. The molecule has 0 saturated heterocycles. The highest BCUT2D eigenvalue weighted by Gasteiger charge is 2.34. The third kappa shape index (κ3) is 9.25. The number of anilines is 2. The van der Waals surface area contributed by atoms with Crippen LogP contribution in [0.25, 0.3) is 11.1 Å². The third-order valence-corrected chi connectivity index (χ3v) is 13.1. The third-order valence-electron chi connectivity index (χ3n) is 12.0. The molecule has 4 nitrogen and oxygen atoms in total. The number of fused-ring (bicyclic) bond motifs is 2. The number of benzene rings is 5. The van der Waals surface area contributed by atoms with Gasteiger partial charge in [0.25, 0.3) is 0 Å². The minimum absolute atomic E-state index is 0.0612. The standard InChI is InChI=1S/C51H55F2NO3S/c1-5-7-9-13-34-17-19-35(20-18-34)31-57-51-32(3)27-37(28-33(51)4)36-21-23-39(24-22-36)58-46-26-25-45(47-48(46)50(56)41-15-12-11-14-40(41)49(47)55)54-38-29-43(52)42(44(53)30-38)16-10-8-6-2/h11-12,14-15,21-30,34-35,54H,5-10,13,16-20,31H2,1-4H3. The minimum atomic E-state index is -0.633. The average molecular weight is 800 g/mol. The number of hydrogen-bond acceptors (Lipinski definition) is 5. The van der Waals surface area contributed by atoms with Gasteiger partial charge in [-0.2, -0.15) is 0 Å². The highest BCUT2D eigenvalue weighted by molar-refractivity contribution is 7.99. The predicted octanol–water partition coefficient (Wildman–Crippen LogP) is 14.4. The van der Waals surface area contributed by atoms with E-state index in [-0.39, 0.29) is 33.9 Å². The first-order valence-electron chi connectivity index (χ1n) is 21.3. The Morgan fingerprint density at radius 3 is 1.93 bits per heavy atom. The Morgan fingerprint density at radius 1 is 0.690 bits per heavy atom. The zero-order valence-electron chi connectivity index (χ0n) is 34.3. The Hall–Kier alpha value is -4.75. The highest BCUT2D eigenvalue weighted by atomic mass is 32.2. The number of carbonyl (C=O) groups excluding carboxylic acids is 2. The van der Waals surface area contributed by atoms with E-state index in [1.165, 1.54) is 75.3 Å². The lowest BCUT2D eigenvalue weighted by Gasteiger charge is -2.29. The number of ketones is 2. The van der Waals surface area contributed by atoms with Gasteiger partial charge in [-0.05, 0) is 122 Å². The Labute approximate surface area is 347 Å². The molecule has 2 aliphatic rings. The summed E-state index contributed by atoms with van der Waals surface area (Å²) in [6.07, 6.45) is 13.4. The largest absolute Gasteiger partial charge is 0.493 e. The number of halogens is 2. The van der Waals surface area contributed by atoms with Crippen molar-refractivity contribution >= 4 is 34.7 Å². The quantitative estimate of drug-likeness (QED) is 0.0988. The van der Waals surface area contributed by atoms with E-state index < -0.39 is 11.6 Å². The summed E-state index contributed by atoms with van der Waals surface area (Å²) in [5, 5.41) is 3.08. The minimum Gasteiger partial charge on any atom is -0.493 e. The molecule has 302 valence electrons. The number of hydrogen-bond donors (Lipinski definition) is 1. The normalized spacial score (nSPS) is 16.2. The predicted molar refractivity (Wildman–Crippen MR) is 233 cm³/mol. The topological polar surface area (TPSA) is 55.4 Å². The van der Waals surface area contributed by atoms with Crippen molar-refractivity contribution in [3.05, 3.63) is 136 Å². The van der Waals surface area contributed by atoms with Gasteiger partial charge in [-0.1, -0.05) is 113 Å². The Balaban J connectivity index is 1.08. The maximum Gasteiger partial charge on any atom is 0.196 e. The fraction of sp³-hybridized carbons (Fsp3) is 0.373. The molecule has 5 aromatic rings. The second-order valence-electron chi connectivity index (χ2n) is 16.3. The van der Waals surface area contributed by atoms with Crippen molar-refractivity contribution in [2.24, 2.45) is 11.8 Å². The van der Waals surface area contributed by atoms with Gasteiger partial charge in [0.05, 0.1) is 17.9 Å². The van der Waals surface area contributed by atoms with Gasteiger partial charge in [0, 0.05) is 37.7 Å². The van der Waals surface area contributed by atoms with Gasteiger partial charge in [0.2, 0.25) is 0 Å². The zero-order valence-corrected chi connectivity index (χ0v) is 35.1. The molecule has 0 aromatic heterocycles. The summed E-state index contributed by atoms with van der Waals surface area (Å²) in [7, 11) is 0. The molecule has 0 unspecified atom stereocenters. The van der Waals surface area contributed by atoms with Crippen LogP contribution in [0.3, 0.4) is 0 Å². The fourth-order valence-electron chi connectivity index (χ4n) is 8.76. The zero-order chi connectivity index (χ0) is 40.8. The van der Waals surface area contributed by atoms with Crippen LogP contribution in [0, 0.1) is 37.3 Å². The second kappa shape index (κ2) is 18.9. The monoisotopic (exact) mass is 799 g/mol. The van der Waals surface area contributed by atoms with Crippen molar-refractivity contribution in [2.75, 3.05) is 11.9 Å². The van der Waals surface area contributed by atoms with Crippen LogP contribution in [0.2, 0.25) is 0 Å². The van der Waals surface area contributed by atoms with Gasteiger partial charge in [0.1, 0.15) is 17.4 Å². The summed E-state index contributed by atoms with van der Waals surface area (Å²) in [6, 6.07) is 25.4. The summed E-state index contributed by atoms with van der Waals surface area (Å²) < 4.78 is 36.8. The van der Waals surface area contributed by atoms with E-state index >= 15 is 8.78 Å². The molecular weight excluding hydrogens is 745 g/mol. The number of carbonyl (C=O) groups is 2. The summed E-state index contributed by atoms with van der Waals surface area (Å²) in [5.41, 5.74) is 6.11. The van der Waals surface area contributed by atoms with Gasteiger partial charge in [0.15, 0.2) is 11.6 Å². The lowest BCUT2D eigenvalue weighted by Crippen LogP contribution is -2.23. The maximum atomic E-state index is 15.1. The molecule has 1 N–H and O–H groups in total. The molecule has 1 fully saturated rings. The second-order valence-corrected chi connectivity index (χ2v) is 17.4. The molecule has 0 bridgehead atoms. The van der Waals surface area contributed by atoms with E-state index in [0.717, 1.165) is 58.3 Å². The van der Waals surface area contributed by atoms with Crippen molar-refractivity contribution < 1.29 is 23.1 Å². The molecular formula is C51H55F2NO3S. The number of unbranched alkanes of at least 4 members (excludes halogenated alkanes) is 4. The van der Waals surface area contributed by atoms with Gasteiger partial charge in [-0.3, -0.25) is 9.59 Å². The van der Waals surface area contributed by atoms with E-state index in [4.69, 9.17) is 4.74 Å². The van der Waals surface area contributed by atoms with Crippen molar-refractivity contribution in [3.8, 4) is 16.9 Å². The molecule has 2 aliphatic carbocycles. The van der Waals surface area contributed by atoms with E-state index in [1.807, 2.05) is 19.1 Å². The van der Waals surface area contributed by atoms with Crippen LogP contribution in [0.15, 0.2) is 94.7 Å². The van der Waals surface area contributed by atoms with Crippen molar-refractivity contribution in [1.29, 1.82) is 0 Å². The number of aryl methyl sites for hydroxylation is 2. The molecule has 5 aromatic carbocycles. The van der Waals surface area contributed by atoms with Gasteiger partial charge >= 0.3 is 0 Å². The average Bonchev–Trinajstić information content (AvgIpc) is 3.22. The lowest BCUT2D eigenvalue weighted by molar-refractivity contribution is 0.0977. The molecule has 0 atom stereocenters. The summed E-state index contributed by atoms with van der Waals surface area (Å²) >= 11 is 1.41. The number of nitrogens with one attached hydrogen (secondary N) is 1. The smallest absolute Gasteiger partial charge is 0.196 e. The lowest BCUT2D eigenvalue weighted by atomic mass is 9.80. The van der Waals surface area contributed by atoms with Crippen LogP contribution < -0.4 is 10.1 Å². The van der Waals surface area contributed by atoms with E-state index in [1.54, 1.807) is 36.4 Å². The van der Waals surface area contributed by atoms with Crippen LogP contribution in [-0.4, -0.2) is 18.2 Å². The molecule has 7 rings (SSSR count). The molecule has 58 heavy (non-hydrogen) atoms.